The molecule has 0 amide bonds. The van der Waals surface area contributed by atoms with Crippen LogP contribution < -0.4 is 10.4 Å². The molecule has 0 aromatic heterocycles. The molecule has 8 heteroatoms. The van der Waals surface area contributed by atoms with Crippen LogP contribution in [0.5, 0.6) is 5.75 Å². The largest absolute Gasteiger partial charge is 0.537 e. The molecule has 0 aliphatic carbocycles. The second-order valence-electron chi connectivity index (χ2n) is 4.05. The zero-order chi connectivity index (χ0) is 13.9. The zero-order valence-corrected chi connectivity index (χ0v) is 10.4. The molecular weight excluding hydrogens is 263 g/mol. The molecule has 0 aliphatic heterocycles. The van der Waals surface area contributed by atoms with Gasteiger partial charge in [-0.15, -0.1) is 0 Å². The van der Waals surface area contributed by atoms with Gasteiger partial charge in [-0.2, -0.15) is 0 Å². The van der Waals surface area contributed by atoms with E-state index in [-0.39, 0.29) is 22.8 Å². The molecule has 4 N–H and O–H groups in total. The Kier molecular flexibility index (Phi) is 4.56. The molecule has 0 spiro atoms. The second kappa shape index (κ2) is 5.56. The summed E-state index contributed by atoms with van der Waals surface area (Å²) < 4.78 is 18.1. The van der Waals surface area contributed by atoms with Crippen LogP contribution in [0.1, 0.15) is 12.5 Å². The summed E-state index contributed by atoms with van der Waals surface area (Å²) in [5.41, 5.74) is 4.27. The quantitative estimate of drug-likeness (QED) is 0.679. The summed E-state index contributed by atoms with van der Waals surface area (Å²) in [6.45, 7) is 1.31. The van der Waals surface area contributed by atoms with E-state index in [1.165, 1.54) is 13.0 Å². The van der Waals surface area contributed by atoms with Crippen LogP contribution in [-0.2, 0) is 11.2 Å². The maximum absolute atomic E-state index is 13.5. The number of aliphatic carboxylic acids is 1. The highest BCUT2D eigenvalue weighted by molar-refractivity contribution is 6.31. The SMILES string of the molecule is C[C@](N)(Cc1cc(F)c(OBO)cc1Cl)C(=O)O. The van der Waals surface area contributed by atoms with E-state index >= 15 is 0 Å². The number of rotatable bonds is 5. The van der Waals surface area contributed by atoms with Crippen molar-refractivity contribution in [3.8, 4) is 5.75 Å². The summed E-state index contributed by atoms with van der Waals surface area (Å²) in [7, 11) is -0.684. The van der Waals surface area contributed by atoms with Gasteiger partial charge in [0.25, 0.3) is 0 Å². The molecule has 0 fully saturated rings. The Balaban J connectivity index is 3.05. The van der Waals surface area contributed by atoms with E-state index in [2.05, 4.69) is 4.65 Å². The monoisotopic (exact) mass is 275 g/mol. The summed E-state index contributed by atoms with van der Waals surface area (Å²) in [5, 5.41) is 17.5. The molecule has 1 aromatic carbocycles. The summed E-state index contributed by atoms with van der Waals surface area (Å²) in [5.74, 6) is -2.17. The van der Waals surface area contributed by atoms with E-state index in [4.69, 9.17) is 27.5 Å². The van der Waals surface area contributed by atoms with Gasteiger partial charge in [0, 0.05) is 17.5 Å². The standard InChI is InChI=1S/C10H12BClFNO4/c1-10(14,9(15)16)4-5-2-7(13)8(18-11-17)3-6(5)12/h2-3,11,17H,4,14H2,1H3,(H,15,16)/t10-/m0/s1. The van der Waals surface area contributed by atoms with Gasteiger partial charge in [-0.25, -0.2) is 4.39 Å². The maximum atomic E-state index is 13.5. The topological polar surface area (TPSA) is 92.8 Å². The van der Waals surface area contributed by atoms with Crippen LogP contribution in [0, 0.1) is 5.82 Å². The van der Waals surface area contributed by atoms with Crippen LogP contribution >= 0.6 is 11.6 Å². The predicted octanol–water partition coefficient (Wildman–Crippen LogP) is 0.461. The van der Waals surface area contributed by atoms with E-state index in [1.807, 2.05) is 0 Å². The first-order valence-corrected chi connectivity index (χ1v) is 5.39. The third-order valence-electron chi connectivity index (χ3n) is 2.37. The third-order valence-corrected chi connectivity index (χ3v) is 2.72. The molecule has 0 bridgehead atoms. The predicted molar refractivity (Wildman–Crippen MR) is 65.3 cm³/mol. The molecule has 1 aromatic rings. The third kappa shape index (κ3) is 3.35. The molecule has 98 valence electrons. The van der Waals surface area contributed by atoms with Crippen molar-refractivity contribution in [1.82, 2.24) is 0 Å². The average molecular weight is 275 g/mol. The van der Waals surface area contributed by atoms with Crippen molar-refractivity contribution in [3.63, 3.8) is 0 Å². The van der Waals surface area contributed by atoms with Gasteiger partial charge < -0.3 is 20.5 Å². The van der Waals surface area contributed by atoms with Crippen LogP contribution in [0.15, 0.2) is 12.1 Å². The fourth-order valence-electron chi connectivity index (χ4n) is 1.36. The van der Waals surface area contributed by atoms with Crippen LogP contribution in [0.4, 0.5) is 4.39 Å². The van der Waals surface area contributed by atoms with Gasteiger partial charge >= 0.3 is 13.7 Å². The van der Waals surface area contributed by atoms with E-state index in [0.29, 0.717) is 0 Å². The molecule has 1 rings (SSSR count). The highest BCUT2D eigenvalue weighted by Gasteiger charge is 2.29. The van der Waals surface area contributed by atoms with E-state index < -0.39 is 25.0 Å². The van der Waals surface area contributed by atoms with Crippen LogP contribution in [-0.4, -0.2) is 29.3 Å². The molecule has 0 radical (unpaired) electrons. The van der Waals surface area contributed by atoms with E-state index in [0.717, 1.165) is 6.07 Å². The average Bonchev–Trinajstić information content (AvgIpc) is 2.25. The Morgan fingerprint density at radius 1 is 1.67 bits per heavy atom. The second-order valence-corrected chi connectivity index (χ2v) is 4.45. The summed E-state index contributed by atoms with van der Waals surface area (Å²) >= 11 is 5.87. The van der Waals surface area contributed by atoms with Crippen LogP contribution in [0.25, 0.3) is 0 Å². The van der Waals surface area contributed by atoms with E-state index in [9.17, 15) is 9.18 Å². The highest BCUT2D eigenvalue weighted by atomic mass is 35.5. The lowest BCUT2D eigenvalue weighted by Gasteiger charge is -2.20. The van der Waals surface area contributed by atoms with Crippen molar-refractivity contribution in [3.05, 3.63) is 28.5 Å². The minimum Gasteiger partial charge on any atom is -0.537 e. The fraction of sp³-hybridized carbons (Fsp3) is 0.300. The first kappa shape index (κ1) is 14.8. The molecular formula is C10H12BClFNO4. The number of hydrogen-bond donors (Lipinski definition) is 3. The highest BCUT2D eigenvalue weighted by Crippen LogP contribution is 2.28. The lowest BCUT2D eigenvalue weighted by Crippen LogP contribution is -2.46. The Bertz CT molecular complexity index is 469. The zero-order valence-electron chi connectivity index (χ0n) is 9.61. The first-order valence-electron chi connectivity index (χ1n) is 5.02. The molecule has 0 saturated heterocycles. The number of hydrogen-bond acceptors (Lipinski definition) is 4. The molecule has 0 aliphatic rings. The fourth-order valence-corrected chi connectivity index (χ4v) is 1.58. The van der Waals surface area contributed by atoms with Crippen LogP contribution in [0.3, 0.4) is 0 Å². The molecule has 18 heavy (non-hydrogen) atoms. The Morgan fingerprint density at radius 3 is 2.78 bits per heavy atom. The number of benzene rings is 1. The minimum atomic E-state index is -1.55. The number of carboxylic acid groups (broad SMARTS) is 1. The van der Waals surface area contributed by atoms with Crippen molar-refractivity contribution in [1.29, 1.82) is 0 Å². The minimum absolute atomic E-state index is 0.123. The van der Waals surface area contributed by atoms with Gasteiger partial charge in [0.1, 0.15) is 11.3 Å². The first-order chi connectivity index (χ1) is 8.27. The molecule has 0 heterocycles. The lowest BCUT2D eigenvalue weighted by atomic mass is 9.94. The van der Waals surface area contributed by atoms with Crippen molar-refractivity contribution >= 4 is 25.3 Å². The normalized spacial score (nSPS) is 13.8. The smallest absolute Gasteiger partial charge is 0.504 e. The van der Waals surface area contributed by atoms with Gasteiger partial charge in [-0.3, -0.25) is 4.79 Å². The summed E-state index contributed by atoms with van der Waals surface area (Å²) in [4.78, 5) is 10.9. The summed E-state index contributed by atoms with van der Waals surface area (Å²) in [6, 6.07) is 2.21. The van der Waals surface area contributed by atoms with Gasteiger partial charge in [-0.05, 0) is 18.6 Å². The Labute approximate surface area is 109 Å². The Hall–Kier alpha value is -1.31. The van der Waals surface area contributed by atoms with Crippen molar-refractivity contribution < 1.29 is 24.0 Å². The number of carbonyl (C=O) groups is 1. The number of nitrogens with two attached hydrogens (primary N) is 1. The van der Waals surface area contributed by atoms with Crippen LogP contribution in [0.2, 0.25) is 5.02 Å². The number of halogens is 2. The van der Waals surface area contributed by atoms with Gasteiger partial charge in [0.2, 0.25) is 0 Å². The summed E-state index contributed by atoms with van der Waals surface area (Å²) in [6.07, 6.45) is -0.127. The lowest BCUT2D eigenvalue weighted by molar-refractivity contribution is -0.142. The van der Waals surface area contributed by atoms with Crippen molar-refractivity contribution in [2.45, 2.75) is 18.9 Å². The van der Waals surface area contributed by atoms with Gasteiger partial charge in [0.05, 0.1) is 0 Å². The molecule has 5 nitrogen and oxygen atoms in total. The van der Waals surface area contributed by atoms with Crippen molar-refractivity contribution in [2.75, 3.05) is 0 Å². The molecule has 0 saturated carbocycles. The van der Waals surface area contributed by atoms with E-state index in [1.54, 1.807) is 0 Å². The molecule has 0 unspecified atom stereocenters. The van der Waals surface area contributed by atoms with Gasteiger partial charge in [0.15, 0.2) is 5.82 Å². The Morgan fingerprint density at radius 2 is 2.28 bits per heavy atom. The number of carboxylic acids is 1. The molecule has 1 atom stereocenters. The van der Waals surface area contributed by atoms with Crippen molar-refractivity contribution in [2.24, 2.45) is 5.73 Å². The van der Waals surface area contributed by atoms with Gasteiger partial charge in [-0.1, -0.05) is 11.6 Å². The maximum Gasteiger partial charge on any atom is 0.504 e.